The summed E-state index contributed by atoms with van der Waals surface area (Å²) in [6.07, 6.45) is 5.52. The molecule has 0 aromatic rings. The third-order valence-corrected chi connectivity index (χ3v) is 9.03. The summed E-state index contributed by atoms with van der Waals surface area (Å²) in [7, 11) is 0. The Morgan fingerprint density at radius 3 is 2.70 bits per heavy atom. The molecule has 5 aliphatic rings. The molecular formula is C24H29FO5. The molecular weight excluding hydrogens is 387 g/mol. The van der Waals surface area contributed by atoms with Crippen LogP contribution in [0.15, 0.2) is 23.8 Å². The number of hydrogen-bond acceptors (Lipinski definition) is 5. The molecule has 0 unspecified atom stereocenters. The van der Waals surface area contributed by atoms with Gasteiger partial charge in [-0.25, -0.2) is 4.39 Å². The van der Waals surface area contributed by atoms with Gasteiger partial charge in [-0.3, -0.25) is 14.4 Å². The van der Waals surface area contributed by atoms with Crippen molar-refractivity contribution in [1.29, 1.82) is 0 Å². The van der Waals surface area contributed by atoms with Crippen molar-refractivity contribution in [2.75, 3.05) is 6.61 Å². The third-order valence-electron chi connectivity index (χ3n) is 9.03. The van der Waals surface area contributed by atoms with E-state index in [1.807, 2.05) is 13.0 Å². The summed E-state index contributed by atoms with van der Waals surface area (Å²) in [5, 5.41) is 0. The molecule has 0 N–H and O–H groups in total. The quantitative estimate of drug-likeness (QED) is 0.521. The van der Waals surface area contributed by atoms with Gasteiger partial charge in [0.25, 0.3) is 0 Å². The predicted octanol–water partition coefficient (Wildman–Crippen LogP) is 3.37. The Bertz CT molecular complexity index is 907. The van der Waals surface area contributed by atoms with Crippen molar-refractivity contribution >= 4 is 17.5 Å². The Labute approximate surface area is 176 Å². The number of Topliss-reactive ketones (excluding diaryl/α,β-unsaturated/α-hetero) is 1. The maximum Gasteiger partial charge on any atom is 0.303 e. The van der Waals surface area contributed by atoms with E-state index < -0.39 is 23.2 Å². The molecule has 4 aliphatic carbocycles. The van der Waals surface area contributed by atoms with E-state index >= 15 is 4.39 Å². The molecule has 1 heterocycles. The molecule has 0 amide bonds. The molecule has 5 rings (SSSR count). The smallest absolute Gasteiger partial charge is 0.303 e. The highest BCUT2D eigenvalue weighted by molar-refractivity contribution is 6.01. The number of hydrogen-bond donors (Lipinski definition) is 0. The summed E-state index contributed by atoms with van der Waals surface area (Å²) in [4.78, 5) is 36.2. The minimum absolute atomic E-state index is 0.00905. The monoisotopic (exact) mass is 416 g/mol. The van der Waals surface area contributed by atoms with E-state index in [2.05, 4.69) is 13.8 Å². The SMILES string of the molecule is CC(=O)OCC(=O)[C@@H]1[C@H](C)C[C@@H]2[C@@H]3C[C@H](F)C4=CC(=O)C=C[C@]4(C)[C@@]34O[C@H]4C[C@]21C. The van der Waals surface area contributed by atoms with Gasteiger partial charge in [0, 0.05) is 18.3 Å². The second-order valence-corrected chi connectivity index (χ2v) is 10.5. The third kappa shape index (κ3) is 2.34. The van der Waals surface area contributed by atoms with Gasteiger partial charge < -0.3 is 9.47 Å². The molecule has 3 saturated carbocycles. The van der Waals surface area contributed by atoms with Crippen LogP contribution < -0.4 is 0 Å². The largest absolute Gasteiger partial charge is 0.458 e. The Balaban J connectivity index is 1.51. The number of carbonyl (C=O) groups is 3. The Morgan fingerprint density at radius 2 is 2.00 bits per heavy atom. The van der Waals surface area contributed by atoms with Crippen LogP contribution in [-0.2, 0) is 23.9 Å². The van der Waals surface area contributed by atoms with E-state index in [4.69, 9.17) is 9.47 Å². The van der Waals surface area contributed by atoms with Gasteiger partial charge >= 0.3 is 5.97 Å². The van der Waals surface area contributed by atoms with Crippen LogP contribution in [0.4, 0.5) is 4.39 Å². The molecule has 0 bridgehead atoms. The summed E-state index contributed by atoms with van der Waals surface area (Å²) in [5.41, 5.74) is -0.877. The zero-order chi connectivity index (χ0) is 21.6. The van der Waals surface area contributed by atoms with Crippen molar-refractivity contribution < 1.29 is 28.2 Å². The van der Waals surface area contributed by atoms with Gasteiger partial charge in [-0.1, -0.05) is 19.9 Å². The number of ketones is 2. The van der Waals surface area contributed by atoms with Crippen molar-refractivity contribution in [3.05, 3.63) is 23.8 Å². The number of epoxide rings is 1. The second kappa shape index (κ2) is 6.12. The van der Waals surface area contributed by atoms with Crippen molar-refractivity contribution in [3.8, 4) is 0 Å². The first-order valence-electron chi connectivity index (χ1n) is 11.0. The normalized spacial score (nSPS) is 50.6. The Hall–Kier alpha value is -1.82. The Kier molecular flexibility index (Phi) is 4.10. The van der Waals surface area contributed by atoms with Crippen LogP contribution >= 0.6 is 0 Å². The van der Waals surface area contributed by atoms with E-state index in [-0.39, 0.29) is 53.4 Å². The molecule has 0 aromatic heterocycles. The summed E-state index contributed by atoms with van der Waals surface area (Å²) in [6, 6.07) is 0. The van der Waals surface area contributed by atoms with Gasteiger partial charge in [0.05, 0.1) is 6.10 Å². The first-order valence-corrected chi connectivity index (χ1v) is 11.0. The molecule has 1 aliphatic heterocycles. The number of alkyl halides is 1. The summed E-state index contributed by atoms with van der Waals surface area (Å²) in [6.45, 7) is 7.34. The van der Waals surface area contributed by atoms with E-state index in [0.29, 0.717) is 12.0 Å². The first kappa shape index (κ1) is 20.1. The number of esters is 1. The van der Waals surface area contributed by atoms with E-state index in [0.717, 1.165) is 12.8 Å². The minimum Gasteiger partial charge on any atom is -0.458 e. The van der Waals surface area contributed by atoms with Crippen LogP contribution in [0.1, 0.15) is 47.0 Å². The van der Waals surface area contributed by atoms with Gasteiger partial charge in [-0.15, -0.1) is 0 Å². The average molecular weight is 416 g/mol. The number of carbonyl (C=O) groups excluding carboxylic acids is 3. The molecule has 1 spiro atoms. The summed E-state index contributed by atoms with van der Waals surface area (Å²) >= 11 is 0. The molecule has 162 valence electrons. The van der Waals surface area contributed by atoms with E-state index in [9.17, 15) is 14.4 Å². The van der Waals surface area contributed by atoms with E-state index in [1.54, 1.807) is 6.08 Å². The van der Waals surface area contributed by atoms with E-state index in [1.165, 1.54) is 13.0 Å². The molecule has 6 heteroatoms. The summed E-state index contributed by atoms with van der Waals surface area (Å²) in [5.74, 6) is -0.603. The number of rotatable bonds is 3. The van der Waals surface area contributed by atoms with Crippen LogP contribution in [-0.4, -0.2) is 42.0 Å². The minimum atomic E-state index is -1.18. The maximum absolute atomic E-state index is 15.4. The molecule has 0 radical (unpaired) electrons. The van der Waals surface area contributed by atoms with Crippen LogP contribution in [0.2, 0.25) is 0 Å². The molecule has 4 fully saturated rings. The zero-order valence-electron chi connectivity index (χ0n) is 17.9. The van der Waals surface area contributed by atoms with Gasteiger partial charge in [0.15, 0.2) is 11.6 Å². The maximum atomic E-state index is 15.4. The zero-order valence-corrected chi connectivity index (χ0v) is 17.9. The van der Waals surface area contributed by atoms with Crippen molar-refractivity contribution in [2.24, 2.45) is 34.5 Å². The number of halogens is 1. The standard InChI is InChI=1S/C24H29FO5/c1-12-7-15-16-9-18(25)17-8-14(27)5-6-23(17,4)24(16)20(30-24)10-22(15,3)21(12)19(28)11-29-13(2)26/h5-6,8,12,15-16,18,20-21H,7,9-11H2,1-4H3/t12-,15-,16+,18+,20+,21+,22-,23+,24-/m1/s1. The second-order valence-electron chi connectivity index (χ2n) is 10.5. The van der Waals surface area contributed by atoms with Crippen LogP contribution in [0, 0.1) is 34.5 Å². The Morgan fingerprint density at radius 1 is 1.27 bits per heavy atom. The fourth-order valence-electron chi connectivity index (χ4n) is 7.95. The van der Waals surface area contributed by atoms with Gasteiger partial charge in [-0.2, -0.15) is 0 Å². The van der Waals surface area contributed by atoms with Gasteiger partial charge in [0.2, 0.25) is 0 Å². The van der Waals surface area contributed by atoms with Crippen LogP contribution in [0.25, 0.3) is 0 Å². The lowest BCUT2D eigenvalue weighted by atomic mass is 9.47. The predicted molar refractivity (Wildman–Crippen MR) is 106 cm³/mol. The van der Waals surface area contributed by atoms with Gasteiger partial charge in [0.1, 0.15) is 18.4 Å². The summed E-state index contributed by atoms with van der Waals surface area (Å²) < 4.78 is 26.8. The number of allylic oxidation sites excluding steroid dienone is 2. The molecule has 5 nitrogen and oxygen atoms in total. The highest BCUT2D eigenvalue weighted by Crippen LogP contribution is 2.76. The molecule has 0 aromatic carbocycles. The lowest BCUT2D eigenvalue weighted by Gasteiger charge is -2.55. The topological polar surface area (TPSA) is 73.0 Å². The van der Waals surface area contributed by atoms with Gasteiger partial charge in [-0.05, 0) is 67.1 Å². The fourth-order valence-corrected chi connectivity index (χ4v) is 7.95. The molecule has 30 heavy (non-hydrogen) atoms. The lowest BCUT2D eigenvalue weighted by molar-refractivity contribution is -0.149. The van der Waals surface area contributed by atoms with Crippen LogP contribution in [0.5, 0.6) is 0 Å². The molecule has 1 saturated heterocycles. The van der Waals surface area contributed by atoms with Crippen molar-refractivity contribution in [1.82, 2.24) is 0 Å². The highest BCUT2D eigenvalue weighted by atomic mass is 19.1. The van der Waals surface area contributed by atoms with Crippen molar-refractivity contribution in [3.63, 3.8) is 0 Å². The van der Waals surface area contributed by atoms with Crippen molar-refractivity contribution in [2.45, 2.75) is 64.8 Å². The number of ether oxygens (including phenoxy) is 2. The average Bonchev–Trinajstić information content (AvgIpc) is 3.31. The van der Waals surface area contributed by atoms with Crippen LogP contribution in [0.3, 0.4) is 0 Å². The lowest BCUT2D eigenvalue weighted by Crippen LogP contribution is -2.59. The first-order chi connectivity index (χ1) is 14.0. The fraction of sp³-hybridized carbons (Fsp3) is 0.708. The molecule has 9 atom stereocenters. The highest BCUT2D eigenvalue weighted by Gasteiger charge is 2.80. The number of fused-ring (bicyclic) bond motifs is 3.